The van der Waals surface area contributed by atoms with Crippen LogP contribution in [-0.2, 0) is 16.0 Å². The summed E-state index contributed by atoms with van der Waals surface area (Å²) in [5.74, 6) is -0.122. The Morgan fingerprint density at radius 1 is 1.53 bits per heavy atom. The Bertz CT molecular complexity index is 337. The lowest BCUT2D eigenvalue weighted by molar-refractivity contribution is -0.143. The summed E-state index contributed by atoms with van der Waals surface area (Å²) in [7, 11) is 0. The number of carbonyl (C=O) groups excluding carboxylic acids is 1. The van der Waals surface area contributed by atoms with Gasteiger partial charge in [0.1, 0.15) is 0 Å². The zero-order valence-electron chi connectivity index (χ0n) is 8.82. The van der Waals surface area contributed by atoms with E-state index < -0.39 is 0 Å². The van der Waals surface area contributed by atoms with Crippen molar-refractivity contribution in [3.05, 3.63) is 29.8 Å². The van der Waals surface area contributed by atoms with E-state index in [1.807, 2.05) is 25.1 Å². The monoisotopic (exact) mass is 205 g/mol. The zero-order valence-corrected chi connectivity index (χ0v) is 8.82. The Morgan fingerprint density at radius 3 is 3.07 bits per heavy atom. The molecule has 1 aromatic rings. The van der Waals surface area contributed by atoms with Gasteiger partial charge in [-0.15, -0.1) is 0 Å². The topological polar surface area (TPSA) is 38.3 Å². The van der Waals surface area contributed by atoms with Crippen molar-refractivity contribution in [2.45, 2.75) is 25.8 Å². The first kappa shape index (κ1) is 10.0. The molecule has 0 radical (unpaired) electrons. The van der Waals surface area contributed by atoms with E-state index in [-0.39, 0.29) is 12.0 Å². The highest BCUT2D eigenvalue weighted by Gasteiger charge is 2.22. The lowest BCUT2D eigenvalue weighted by atomic mass is 10.1. The Labute approximate surface area is 89.4 Å². The molecule has 2 rings (SSSR count). The summed E-state index contributed by atoms with van der Waals surface area (Å²) in [6, 6.07) is 8.35. The number of para-hydroxylation sites is 1. The van der Waals surface area contributed by atoms with E-state index in [1.54, 1.807) is 0 Å². The van der Waals surface area contributed by atoms with Gasteiger partial charge in [0, 0.05) is 11.7 Å². The Morgan fingerprint density at radius 2 is 2.33 bits per heavy atom. The molecule has 0 saturated carbocycles. The van der Waals surface area contributed by atoms with Crippen LogP contribution in [0.15, 0.2) is 24.3 Å². The van der Waals surface area contributed by atoms with Crippen molar-refractivity contribution in [3.63, 3.8) is 0 Å². The largest absolute Gasteiger partial charge is 0.466 e. The van der Waals surface area contributed by atoms with Crippen LogP contribution in [0.1, 0.15) is 18.9 Å². The van der Waals surface area contributed by atoms with Crippen molar-refractivity contribution in [1.29, 1.82) is 0 Å². The van der Waals surface area contributed by atoms with Crippen LogP contribution in [0.5, 0.6) is 0 Å². The number of ether oxygens (including phenoxy) is 1. The van der Waals surface area contributed by atoms with Gasteiger partial charge in [-0.05, 0) is 25.0 Å². The number of hydrogen-bond acceptors (Lipinski definition) is 3. The van der Waals surface area contributed by atoms with E-state index in [9.17, 15) is 4.79 Å². The minimum atomic E-state index is -0.122. The Kier molecular flexibility index (Phi) is 2.90. The molecule has 1 aromatic carbocycles. The predicted molar refractivity (Wildman–Crippen MR) is 58.8 cm³/mol. The van der Waals surface area contributed by atoms with E-state index >= 15 is 0 Å². The van der Waals surface area contributed by atoms with E-state index in [2.05, 4.69) is 11.4 Å². The van der Waals surface area contributed by atoms with Gasteiger partial charge in [0.2, 0.25) is 0 Å². The molecule has 0 fully saturated rings. The fourth-order valence-electron chi connectivity index (χ4n) is 1.92. The number of benzene rings is 1. The highest BCUT2D eigenvalue weighted by molar-refractivity contribution is 5.72. The van der Waals surface area contributed by atoms with Crippen molar-refractivity contribution in [1.82, 2.24) is 0 Å². The summed E-state index contributed by atoms with van der Waals surface area (Å²) in [6.07, 6.45) is 1.36. The minimum absolute atomic E-state index is 0.122. The molecule has 1 heterocycles. The maximum absolute atomic E-state index is 11.3. The van der Waals surface area contributed by atoms with E-state index in [0.717, 1.165) is 12.1 Å². The fourth-order valence-corrected chi connectivity index (χ4v) is 1.92. The second kappa shape index (κ2) is 4.34. The molecular formula is C12H15NO2. The van der Waals surface area contributed by atoms with Gasteiger partial charge in [-0.3, -0.25) is 4.79 Å². The molecule has 1 aliphatic heterocycles. The number of anilines is 1. The maximum Gasteiger partial charge on any atom is 0.307 e. The normalized spacial score (nSPS) is 18.1. The molecule has 1 aliphatic rings. The summed E-state index contributed by atoms with van der Waals surface area (Å²) in [5.41, 5.74) is 2.43. The lowest BCUT2D eigenvalue weighted by Crippen LogP contribution is -2.21. The Balaban J connectivity index is 1.93. The van der Waals surface area contributed by atoms with Crippen LogP contribution in [0, 0.1) is 0 Å². The molecule has 0 unspecified atom stereocenters. The average Bonchev–Trinajstić information content (AvgIpc) is 2.59. The van der Waals surface area contributed by atoms with Gasteiger partial charge in [0.25, 0.3) is 0 Å². The standard InChI is InChI=1S/C12H15NO2/c1-2-15-12(14)8-10-7-9-5-3-4-6-11(9)13-10/h3-6,10,13H,2,7-8H2,1H3/t10-/m0/s1. The highest BCUT2D eigenvalue weighted by atomic mass is 16.5. The van der Waals surface area contributed by atoms with Crippen LogP contribution >= 0.6 is 0 Å². The van der Waals surface area contributed by atoms with Crippen LogP contribution in [0.2, 0.25) is 0 Å². The summed E-state index contributed by atoms with van der Waals surface area (Å²) in [4.78, 5) is 11.3. The van der Waals surface area contributed by atoms with Gasteiger partial charge in [0.15, 0.2) is 0 Å². The number of fused-ring (bicyclic) bond motifs is 1. The van der Waals surface area contributed by atoms with Crippen LogP contribution in [0.4, 0.5) is 5.69 Å². The summed E-state index contributed by atoms with van der Waals surface area (Å²) >= 11 is 0. The molecule has 15 heavy (non-hydrogen) atoms. The fraction of sp³-hybridized carbons (Fsp3) is 0.417. The van der Waals surface area contributed by atoms with Crippen LogP contribution in [-0.4, -0.2) is 18.6 Å². The molecule has 3 heteroatoms. The molecule has 1 atom stereocenters. The first-order chi connectivity index (χ1) is 7.29. The molecule has 3 nitrogen and oxygen atoms in total. The molecule has 1 N–H and O–H groups in total. The van der Waals surface area contributed by atoms with Crippen LogP contribution in [0.3, 0.4) is 0 Å². The summed E-state index contributed by atoms with van der Waals surface area (Å²) < 4.78 is 4.92. The van der Waals surface area contributed by atoms with Gasteiger partial charge in [-0.1, -0.05) is 18.2 Å². The SMILES string of the molecule is CCOC(=O)C[C@@H]1Cc2ccccc2N1. The second-order valence-corrected chi connectivity index (χ2v) is 3.71. The van der Waals surface area contributed by atoms with Crippen molar-refractivity contribution in [2.75, 3.05) is 11.9 Å². The summed E-state index contributed by atoms with van der Waals surface area (Å²) in [5, 5.41) is 3.32. The third kappa shape index (κ3) is 2.29. The number of esters is 1. The van der Waals surface area contributed by atoms with Gasteiger partial charge in [-0.25, -0.2) is 0 Å². The van der Waals surface area contributed by atoms with Crippen molar-refractivity contribution >= 4 is 11.7 Å². The smallest absolute Gasteiger partial charge is 0.307 e. The predicted octanol–water partition coefficient (Wildman–Crippen LogP) is 1.98. The molecule has 0 amide bonds. The molecule has 0 bridgehead atoms. The number of carbonyl (C=O) groups is 1. The summed E-state index contributed by atoms with van der Waals surface area (Å²) in [6.45, 7) is 2.28. The van der Waals surface area contributed by atoms with Gasteiger partial charge >= 0.3 is 5.97 Å². The van der Waals surface area contributed by atoms with Crippen molar-refractivity contribution < 1.29 is 9.53 Å². The third-order valence-corrected chi connectivity index (χ3v) is 2.56. The van der Waals surface area contributed by atoms with E-state index in [0.29, 0.717) is 13.0 Å². The highest BCUT2D eigenvalue weighted by Crippen LogP contribution is 2.26. The van der Waals surface area contributed by atoms with E-state index in [4.69, 9.17) is 4.74 Å². The van der Waals surface area contributed by atoms with Gasteiger partial charge in [-0.2, -0.15) is 0 Å². The average molecular weight is 205 g/mol. The molecule has 0 aliphatic carbocycles. The number of hydrogen-bond donors (Lipinski definition) is 1. The molecule has 0 saturated heterocycles. The lowest BCUT2D eigenvalue weighted by Gasteiger charge is -2.09. The Hall–Kier alpha value is -1.51. The van der Waals surface area contributed by atoms with Crippen LogP contribution < -0.4 is 5.32 Å². The molecule has 80 valence electrons. The van der Waals surface area contributed by atoms with Crippen molar-refractivity contribution in [3.8, 4) is 0 Å². The van der Waals surface area contributed by atoms with E-state index in [1.165, 1.54) is 5.56 Å². The third-order valence-electron chi connectivity index (χ3n) is 2.56. The van der Waals surface area contributed by atoms with Gasteiger partial charge < -0.3 is 10.1 Å². The molecule has 0 aromatic heterocycles. The number of nitrogens with one attached hydrogen (secondary N) is 1. The first-order valence-electron chi connectivity index (χ1n) is 5.29. The molecule has 0 spiro atoms. The maximum atomic E-state index is 11.3. The minimum Gasteiger partial charge on any atom is -0.466 e. The van der Waals surface area contributed by atoms with Crippen molar-refractivity contribution in [2.24, 2.45) is 0 Å². The van der Waals surface area contributed by atoms with Crippen LogP contribution in [0.25, 0.3) is 0 Å². The quantitative estimate of drug-likeness (QED) is 0.767. The number of rotatable bonds is 3. The molecular weight excluding hydrogens is 190 g/mol. The zero-order chi connectivity index (χ0) is 10.7. The first-order valence-corrected chi connectivity index (χ1v) is 5.29. The van der Waals surface area contributed by atoms with Gasteiger partial charge in [0.05, 0.1) is 13.0 Å². The second-order valence-electron chi connectivity index (χ2n) is 3.71.